The smallest absolute Gasteiger partial charge is 0.405 e. The van der Waals surface area contributed by atoms with Crippen molar-refractivity contribution in [2.45, 2.75) is 19.6 Å². The topological polar surface area (TPSA) is 69.6 Å². The zero-order valence-electron chi connectivity index (χ0n) is 14.8. The molecule has 0 saturated carbocycles. The van der Waals surface area contributed by atoms with Gasteiger partial charge in [0.1, 0.15) is 12.3 Å². The summed E-state index contributed by atoms with van der Waals surface area (Å²) in [6, 6.07) is 10.6. The lowest BCUT2D eigenvalue weighted by Crippen LogP contribution is -2.33. The number of amides is 2. The Hall–Kier alpha value is -3.03. The fourth-order valence-corrected chi connectivity index (χ4v) is 2.42. The van der Waals surface area contributed by atoms with Crippen molar-refractivity contribution in [3.8, 4) is 5.75 Å². The van der Waals surface area contributed by atoms with Crippen LogP contribution in [0.15, 0.2) is 42.5 Å². The lowest BCUT2D eigenvalue weighted by Gasteiger charge is -2.18. The highest BCUT2D eigenvalue weighted by atomic mass is 19.4. The number of halogens is 3. The van der Waals surface area contributed by atoms with E-state index in [0.29, 0.717) is 5.56 Å². The molecule has 0 aliphatic rings. The number of nitrogens with zero attached hydrogens (tertiary/aromatic N) is 1. The number of phenols is 1. The molecule has 8 heteroatoms. The molecule has 0 heterocycles. The number of hydrogen-bond acceptors (Lipinski definition) is 3. The fourth-order valence-electron chi connectivity index (χ4n) is 2.42. The molecule has 0 aromatic heterocycles. The second-order valence-electron chi connectivity index (χ2n) is 6.18. The molecule has 27 heavy (non-hydrogen) atoms. The van der Waals surface area contributed by atoms with Gasteiger partial charge in [-0.2, -0.15) is 13.2 Å². The first-order chi connectivity index (χ1) is 12.6. The standard InChI is InChI=1S/C19H19F3N2O3/c1-12-3-8-15(16(25)9-12)18(27)24(2)10-13-4-6-14(7-5-13)17(26)23-11-19(20,21)22/h3-9,25H,10-11H2,1-2H3,(H,23,26). The molecule has 0 spiro atoms. The van der Waals surface area contributed by atoms with Crippen molar-refractivity contribution < 1.29 is 27.9 Å². The summed E-state index contributed by atoms with van der Waals surface area (Å²) in [7, 11) is 1.56. The summed E-state index contributed by atoms with van der Waals surface area (Å²) in [5, 5.41) is 11.7. The summed E-state index contributed by atoms with van der Waals surface area (Å²) in [4.78, 5) is 25.5. The zero-order chi connectivity index (χ0) is 20.2. The molecule has 0 aliphatic heterocycles. The summed E-state index contributed by atoms with van der Waals surface area (Å²) < 4.78 is 36.4. The van der Waals surface area contributed by atoms with E-state index < -0.39 is 18.6 Å². The highest BCUT2D eigenvalue weighted by Gasteiger charge is 2.27. The lowest BCUT2D eigenvalue weighted by molar-refractivity contribution is -0.123. The van der Waals surface area contributed by atoms with Gasteiger partial charge in [0.15, 0.2) is 0 Å². The van der Waals surface area contributed by atoms with Gasteiger partial charge in [-0.1, -0.05) is 18.2 Å². The molecule has 0 aliphatic carbocycles. The quantitative estimate of drug-likeness (QED) is 0.837. The van der Waals surface area contributed by atoms with Crippen LogP contribution < -0.4 is 5.32 Å². The van der Waals surface area contributed by atoms with Crippen LogP contribution in [-0.4, -0.2) is 41.6 Å². The summed E-state index contributed by atoms with van der Waals surface area (Å²) in [5.74, 6) is -1.31. The Labute approximate surface area is 154 Å². The lowest BCUT2D eigenvalue weighted by atomic mass is 10.1. The highest BCUT2D eigenvalue weighted by Crippen LogP contribution is 2.21. The van der Waals surface area contributed by atoms with Gasteiger partial charge in [0, 0.05) is 19.2 Å². The van der Waals surface area contributed by atoms with E-state index in [1.807, 2.05) is 0 Å². The van der Waals surface area contributed by atoms with Gasteiger partial charge >= 0.3 is 6.18 Å². The number of aryl methyl sites for hydroxylation is 1. The molecule has 0 fully saturated rings. The van der Waals surface area contributed by atoms with Crippen molar-refractivity contribution in [3.63, 3.8) is 0 Å². The Kier molecular flexibility index (Phi) is 6.09. The van der Waals surface area contributed by atoms with Crippen molar-refractivity contribution in [3.05, 3.63) is 64.7 Å². The predicted octanol–water partition coefficient (Wildman–Crippen LogP) is 3.26. The molecule has 2 amide bonds. The maximum atomic E-state index is 12.4. The van der Waals surface area contributed by atoms with Crippen LogP contribution >= 0.6 is 0 Å². The Morgan fingerprint density at radius 2 is 1.74 bits per heavy atom. The molecule has 5 nitrogen and oxygen atoms in total. The van der Waals surface area contributed by atoms with Gasteiger partial charge in [-0.05, 0) is 42.3 Å². The van der Waals surface area contributed by atoms with E-state index in [0.717, 1.165) is 5.56 Å². The maximum absolute atomic E-state index is 12.4. The average Bonchev–Trinajstić information content (AvgIpc) is 2.59. The Bertz CT molecular complexity index is 833. The molecular formula is C19H19F3N2O3. The van der Waals surface area contributed by atoms with E-state index in [1.54, 1.807) is 37.5 Å². The molecular weight excluding hydrogens is 361 g/mol. The third-order valence-corrected chi connectivity index (χ3v) is 3.82. The molecule has 0 saturated heterocycles. The molecule has 0 unspecified atom stereocenters. The van der Waals surface area contributed by atoms with Gasteiger partial charge in [-0.3, -0.25) is 9.59 Å². The van der Waals surface area contributed by atoms with Crippen molar-refractivity contribution >= 4 is 11.8 Å². The van der Waals surface area contributed by atoms with Crippen LogP contribution in [0.4, 0.5) is 13.2 Å². The first-order valence-electron chi connectivity index (χ1n) is 8.06. The van der Waals surface area contributed by atoms with Gasteiger partial charge in [-0.25, -0.2) is 0 Å². The number of rotatable bonds is 5. The Morgan fingerprint density at radius 1 is 1.11 bits per heavy atom. The third kappa shape index (κ3) is 5.73. The second kappa shape index (κ2) is 8.11. The van der Waals surface area contributed by atoms with Crippen LogP contribution in [-0.2, 0) is 6.54 Å². The van der Waals surface area contributed by atoms with E-state index in [2.05, 4.69) is 0 Å². The van der Waals surface area contributed by atoms with E-state index in [-0.39, 0.29) is 29.3 Å². The van der Waals surface area contributed by atoms with Gasteiger partial charge < -0.3 is 15.3 Å². The summed E-state index contributed by atoms with van der Waals surface area (Å²) in [5.41, 5.74) is 1.77. The number of alkyl halides is 3. The normalized spacial score (nSPS) is 11.1. The molecule has 2 aromatic carbocycles. The van der Waals surface area contributed by atoms with Crippen LogP contribution in [0, 0.1) is 6.92 Å². The summed E-state index contributed by atoms with van der Waals surface area (Å²) in [6.45, 7) is 0.603. The largest absolute Gasteiger partial charge is 0.507 e. The van der Waals surface area contributed by atoms with Gasteiger partial charge in [0.2, 0.25) is 0 Å². The second-order valence-corrected chi connectivity index (χ2v) is 6.18. The molecule has 0 radical (unpaired) electrons. The van der Waals surface area contributed by atoms with Crippen LogP contribution in [0.25, 0.3) is 0 Å². The first kappa shape index (κ1) is 20.3. The molecule has 2 aromatic rings. The summed E-state index contributed by atoms with van der Waals surface area (Å²) >= 11 is 0. The minimum atomic E-state index is -4.47. The van der Waals surface area contributed by atoms with E-state index in [4.69, 9.17) is 0 Å². The van der Waals surface area contributed by atoms with Crippen LogP contribution in [0.1, 0.15) is 31.8 Å². The van der Waals surface area contributed by atoms with Crippen LogP contribution in [0.2, 0.25) is 0 Å². The molecule has 2 N–H and O–H groups in total. The first-order valence-corrected chi connectivity index (χ1v) is 8.06. The average molecular weight is 380 g/mol. The summed E-state index contributed by atoms with van der Waals surface area (Å²) in [6.07, 6.45) is -4.47. The van der Waals surface area contributed by atoms with E-state index >= 15 is 0 Å². The number of aromatic hydroxyl groups is 1. The zero-order valence-corrected chi connectivity index (χ0v) is 14.8. The predicted molar refractivity (Wildman–Crippen MR) is 93.5 cm³/mol. The van der Waals surface area contributed by atoms with Crippen molar-refractivity contribution in [2.24, 2.45) is 0 Å². The molecule has 0 atom stereocenters. The van der Waals surface area contributed by atoms with Gasteiger partial charge in [0.25, 0.3) is 11.8 Å². The number of phenolic OH excluding ortho intramolecular Hbond substituents is 1. The molecule has 2 rings (SSSR count). The SMILES string of the molecule is Cc1ccc(C(=O)N(C)Cc2ccc(C(=O)NCC(F)(F)F)cc2)c(O)c1. The highest BCUT2D eigenvalue weighted by molar-refractivity contribution is 5.97. The number of carbonyl (C=O) groups is 2. The minimum Gasteiger partial charge on any atom is -0.507 e. The fraction of sp³-hybridized carbons (Fsp3) is 0.263. The minimum absolute atomic E-state index is 0.0909. The maximum Gasteiger partial charge on any atom is 0.405 e. The van der Waals surface area contributed by atoms with Gasteiger partial charge in [-0.15, -0.1) is 0 Å². The van der Waals surface area contributed by atoms with E-state index in [9.17, 15) is 27.9 Å². The molecule has 144 valence electrons. The van der Waals surface area contributed by atoms with Crippen LogP contribution in [0.5, 0.6) is 5.75 Å². The van der Waals surface area contributed by atoms with Crippen LogP contribution in [0.3, 0.4) is 0 Å². The monoisotopic (exact) mass is 380 g/mol. The number of benzene rings is 2. The van der Waals surface area contributed by atoms with Crippen molar-refractivity contribution in [2.75, 3.05) is 13.6 Å². The number of hydrogen-bond donors (Lipinski definition) is 2. The third-order valence-electron chi connectivity index (χ3n) is 3.82. The number of carbonyl (C=O) groups excluding carboxylic acids is 2. The Morgan fingerprint density at radius 3 is 2.30 bits per heavy atom. The van der Waals surface area contributed by atoms with Crippen molar-refractivity contribution in [1.29, 1.82) is 0 Å². The number of nitrogens with one attached hydrogen (secondary N) is 1. The van der Waals surface area contributed by atoms with Crippen molar-refractivity contribution in [1.82, 2.24) is 10.2 Å². The Balaban J connectivity index is 2.01. The van der Waals surface area contributed by atoms with Gasteiger partial charge in [0.05, 0.1) is 5.56 Å². The van der Waals surface area contributed by atoms with E-state index in [1.165, 1.54) is 29.2 Å². The molecule has 0 bridgehead atoms.